The van der Waals surface area contributed by atoms with Crippen molar-refractivity contribution in [1.29, 1.82) is 0 Å². The van der Waals surface area contributed by atoms with Crippen LogP contribution in [0.4, 0.5) is 10.2 Å². The number of hydrogen-bond acceptors (Lipinski definition) is 9. The Kier molecular flexibility index (Phi) is 6.86. The highest BCUT2D eigenvalue weighted by molar-refractivity contribution is 7.52. The van der Waals surface area contributed by atoms with Crippen molar-refractivity contribution >= 4 is 30.7 Å². The number of aliphatic carboxylic acids is 1. The maximum atomic E-state index is 15.3. The van der Waals surface area contributed by atoms with E-state index in [-0.39, 0.29) is 28.3 Å². The van der Waals surface area contributed by atoms with E-state index in [0.717, 1.165) is 0 Å². The monoisotopic (exact) mass is 506 g/mol. The molecule has 1 aliphatic rings. The summed E-state index contributed by atoms with van der Waals surface area (Å²) < 4.78 is 41.0. The van der Waals surface area contributed by atoms with Crippen molar-refractivity contribution in [3.05, 3.63) is 55.1 Å². The van der Waals surface area contributed by atoms with Crippen LogP contribution in [0.2, 0.25) is 0 Å². The van der Waals surface area contributed by atoms with E-state index in [1.165, 1.54) is 36.3 Å². The molecule has 1 saturated carbocycles. The highest BCUT2D eigenvalue weighted by atomic mass is 31.2. The SMILES string of the molecule is C=C1[C@@H](n2cnc3c(N)ncnc32)[C@@H](F)[C@H](O)[C@H]1CO[P@@](=O)(NC(C)C(=O)O)Oc1ccccc1. The lowest BCUT2D eigenvalue weighted by Gasteiger charge is -2.24. The quantitative estimate of drug-likeness (QED) is 0.247. The van der Waals surface area contributed by atoms with E-state index in [1.807, 2.05) is 0 Å². The van der Waals surface area contributed by atoms with Gasteiger partial charge < -0.3 is 25.0 Å². The molecule has 35 heavy (non-hydrogen) atoms. The third-order valence-corrected chi connectivity index (χ3v) is 7.34. The first kappa shape index (κ1) is 24.7. The molecular formula is C21H24FN6O6P. The van der Waals surface area contributed by atoms with Crippen LogP contribution in [0, 0.1) is 5.92 Å². The maximum absolute atomic E-state index is 15.3. The van der Waals surface area contributed by atoms with E-state index >= 15 is 4.39 Å². The number of imidazole rings is 1. The molecule has 12 nitrogen and oxygen atoms in total. The molecule has 0 amide bonds. The number of hydrogen-bond donors (Lipinski definition) is 4. The van der Waals surface area contributed by atoms with Gasteiger partial charge in [-0.15, -0.1) is 0 Å². The van der Waals surface area contributed by atoms with E-state index in [1.54, 1.807) is 18.2 Å². The highest BCUT2D eigenvalue weighted by Crippen LogP contribution is 2.48. The molecule has 1 fully saturated rings. The number of nitrogens with zero attached hydrogens (tertiary/aromatic N) is 4. The second-order valence-electron chi connectivity index (χ2n) is 8.03. The molecule has 2 aromatic heterocycles. The molecule has 0 bridgehead atoms. The van der Waals surface area contributed by atoms with Crippen molar-refractivity contribution in [2.24, 2.45) is 5.92 Å². The highest BCUT2D eigenvalue weighted by Gasteiger charge is 2.48. The minimum atomic E-state index is -4.26. The molecular weight excluding hydrogens is 482 g/mol. The lowest BCUT2D eigenvalue weighted by atomic mass is 10.0. The van der Waals surface area contributed by atoms with Gasteiger partial charge in [-0.05, 0) is 24.6 Å². The Hall–Kier alpha value is -3.38. The summed E-state index contributed by atoms with van der Waals surface area (Å²) in [6, 6.07) is 5.66. The van der Waals surface area contributed by atoms with Gasteiger partial charge in [-0.2, -0.15) is 5.09 Å². The van der Waals surface area contributed by atoms with Gasteiger partial charge in [-0.1, -0.05) is 24.8 Å². The third kappa shape index (κ3) is 4.89. The van der Waals surface area contributed by atoms with Crippen LogP contribution in [0.1, 0.15) is 13.0 Å². The number of rotatable bonds is 9. The summed E-state index contributed by atoms with van der Waals surface area (Å²) >= 11 is 0. The molecule has 5 N–H and O–H groups in total. The van der Waals surface area contributed by atoms with Crippen LogP contribution < -0.4 is 15.3 Å². The molecule has 1 aromatic carbocycles. The number of halogens is 1. The van der Waals surface area contributed by atoms with Gasteiger partial charge in [-0.3, -0.25) is 9.32 Å². The number of para-hydroxylation sites is 1. The lowest BCUT2D eigenvalue weighted by molar-refractivity contribution is -0.138. The zero-order valence-electron chi connectivity index (χ0n) is 18.6. The minimum absolute atomic E-state index is 0.117. The summed E-state index contributed by atoms with van der Waals surface area (Å²) in [6.45, 7) is 4.73. The van der Waals surface area contributed by atoms with Crippen molar-refractivity contribution in [2.45, 2.75) is 31.3 Å². The molecule has 186 valence electrons. The Balaban J connectivity index is 1.56. The Morgan fingerprint density at radius 2 is 2.06 bits per heavy atom. The fourth-order valence-corrected chi connectivity index (χ4v) is 5.36. The predicted molar refractivity (Wildman–Crippen MR) is 123 cm³/mol. The number of carboxylic acid groups (broad SMARTS) is 1. The topological polar surface area (TPSA) is 175 Å². The van der Waals surface area contributed by atoms with Crippen LogP contribution in [0.3, 0.4) is 0 Å². The average Bonchev–Trinajstić information content (AvgIpc) is 3.32. The number of nitrogens with one attached hydrogen (secondary N) is 1. The van der Waals surface area contributed by atoms with Crippen molar-refractivity contribution in [3.8, 4) is 5.75 Å². The van der Waals surface area contributed by atoms with E-state index in [9.17, 15) is 19.6 Å². The van der Waals surface area contributed by atoms with Crippen molar-refractivity contribution in [3.63, 3.8) is 0 Å². The van der Waals surface area contributed by atoms with Crippen LogP contribution in [-0.2, 0) is 13.9 Å². The number of nitrogen functional groups attached to an aromatic ring is 1. The predicted octanol–water partition coefficient (Wildman–Crippen LogP) is 2.10. The van der Waals surface area contributed by atoms with Gasteiger partial charge in [0.2, 0.25) is 0 Å². The lowest BCUT2D eigenvalue weighted by Crippen LogP contribution is -2.34. The number of carboxylic acids is 1. The van der Waals surface area contributed by atoms with Gasteiger partial charge in [-0.25, -0.2) is 23.9 Å². The van der Waals surface area contributed by atoms with Gasteiger partial charge in [0.1, 0.15) is 23.6 Å². The standard InChI is InChI=1S/C21H24FN6O6P/c1-11-14(8-33-35(32,27-12(2)21(30)31)34-13-6-4-3-5-7-13)18(29)15(22)17(11)28-10-26-16-19(23)24-9-25-20(16)28/h3-7,9-10,12,14-15,17-18,29H,1,8H2,2H3,(H,27,32)(H,30,31)(H2,23,24,25)/t12?,14-,15+,17+,18+,35-/m0/s1. The average molecular weight is 506 g/mol. The van der Waals surface area contributed by atoms with Crippen LogP contribution in [0.25, 0.3) is 11.2 Å². The van der Waals surface area contributed by atoms with E-state index in [0.29, 0.717) is 0 Å². The number of aliphatic hydroxyl groups is 1. The smallest absolute Gasteiger partial charge is 0.459 e. The Morgan fingerprint density at radius 3 is 2.74 bits per heavy atom. The summed E-state index contributed by atoms with van der Waals surface area (Å²) in [6.07, 6.45) is -0.839. The summed E-state index contributed by atoms with van der Waals surface area (Å²) in [7, 11) is -4.26. The van der Waals surface area contributed by atoms with E-state index in [2.05, 4.69) is 26.6 Å². The summed E-state index contributed by atoms with van der Waals surface area (Å²) in [5.41, 5.74) is 6.57. The third-order valence-electron chi connectivity index (χ3n) is 5.70. The van der Waals surface area contributed by atoms with Crippen LogP contribution in [0.5, 0.6) is 5.75 Å². The minimum Gasteiger partial charge on any atom is -0.480 e. The van der Waals surface area contributed by atoms with Gasteiger partial charge in [0.15, 0.2) is 17.6 Å². The summed E-state index contributed by atoms with van der Waals surface area (Å²) in [5, 5.41) is 22.2. The molecule has 0 saturated heterocycles. The summed E-state index contributed by atoms with van der Waals surface area (Å²) in [4.78, 5) is 23.4. The molecule has 0 radical (unpaired) electrons. The fourth-order valence-electron chi connectivity index (χ4n) is 3.84. The van der Waals surface area contributed by atoms with Crippen LogP contribution in [-0.4, -0.2) is 60.6 Å². The molecule has 0 aliphatic heterocycles. The van der Waals surface area contributed by atoms with Crippen molar-refractivity contribution in [1.82, 2.24) is 24.6 Å². The number of carbonyl (C=O) groups is 1. The molecule has 4 rings (SSSR count). The van der Waals surface area contributed by atoms with Crippen LogP contribution >= 0.6 is 7.75 Å². The van der Waals surface area contributed by atoms with E-state index in [4.69, 9.17) is 14.8 Å². The van der Waals surface area contributed by atoms with Crippen molar-refractivity contribution < 1.29 is 33.0 Å². The number of aromatic nitrogens is 4. The number of anilines is 1. The Morgan fingerprint density at radius 1 is 1.34 bits per heavy atom. The molecule has 2 heterocycles. The van der Waals surface area contributed by atoms with Gasteiger partial charge in [0.05, 0.1) is 25.1 Å². The first-order valence-electron chi connectivity index (χ1n) is 10.5. The fraction of sp³-hybridized carbons (Fsp3) is 0.333. The molecule has 3 aromatic rings. The van der Waals surface area contributed by atoms with Gasteiger partial charge >= 0.3 is 13.7 Å². The molecule has 1 aliphatic carbocycles. The maximum Gasteiger partial charge on any atom is 0.459 e. The Bertz CT molecular complexity index is 1290. The second-order valence-corrected chi connectivity index (χ2v) is 9.72. The number of alkyl halides is 1. The first-order valence-corrected chi connectivity index (χ1v) is 12.1. The molecule has 1 unspecified atom stereocenters. The second kappa shape index (κ2) is 9.70. The first-order chi connectivity index (χ1) is 16.6. The Labute approximate surface area is 199 Å². The van der Waals surface area contributed by atoms with Gasteiger partial charge in [0, 0.05) is 5.92 Å². The zero-order valence-corrected chi connectivity index (χ0v) is 19.5. The largest absolute Gasteiger partial charge is 0.480 e. The number of benzene rings is 1. The molecule has 14 heteroatoms. The number of nitrogens with two attached hydrogens (primary N) is 1. The zero-order chi connectivity index (χ0) is 25.3. The van der Waals surface area contributed by atoms with Crippen LogP contribution in [0.15, 0.2) is 55.1 Å². The summed E-state index contributed by atoms with van der Waals surface area (Å²) in [5.74, 6) is -2.00. The molecule has 0 spiro atoms. The number of fused-ring (bicyclic) bond motifs is 1. The van der Waals surface area contributed by atoms with E-state index < -0.39 is 50.6 Å². The number of aliphatic hydroxyl groups excluding tert-OH is 1. The van der Waals surface area contributed by atoms with Gasteiger partial charge in [0.25, 0.3) is 0 Å². The normalized spacial score (nSPS) is 24.8. The molecule has 6 atom stereocenters. The van der Waals surface area contributed by atoms with Crippen molar-refractivity contribution in [2.75, 3.05) is 12.3 Å².